The van der Waals surface area contributed by atoms with Crippen LogP contribution >= 0.6 is 22.9 Å². The van der Waals surface area contributed by atoms with Crippen molar-refractivity contribution in [2.24, 2.45) is 0 Å². The number of hydrogen-bond donors (Lipinski definition) is 1. The number of hydrogen-bond acceptors (Lipinski definition) is 6. The number of anilines is 2. The van der Waals surface area contributed by atoms with Crippen molar-refractivity contribution in [3.8, 4) is 0 Å². The lowest BCUT2D eigenvalue weighted by Gasteiger charge is -2.22. The summed E-state index contributed by atoms with van der Waals surface area (Å²) in [4.78, 5) is 19.3. The maximum atomic E-state index is 12.3. The molecule has 0 radical (unpaired) electrons. The van der Waals surface area contributed by atoms with Gasteiger partial charge in [0.2, 0.25) is 10.0 Å². The molecule has 0 fully saturated rings. The third-order valence-electron chi connectivity index (χ3n) is 3.83. The van der Waals surface area contributed by atoms with Crippen molar-refractivity contribution in [2.45, 2.75) is 13.5 Å². The molecular weight excluding hydrogens is 418 g/mol. The Morgan fingerprint density at radius 2 is 1.79 bits per heavy atom. The molecule has 0 unspecified atom stereocenters. The van der Waals surface area contributed by atoms with E-state index in [1.54, 1.807) is 19.1 Å². The van der Waals surface area contributed by atoms with Crippen molar-refractivity contribution < 1.29 is 13.2 Å². The van der Waals surface area contributed by atoms with Crippen LogP contribution in [0.1, 0.15) is 20.9 Å². The van der Waals surface area contributed by atoms with E-state index in [1.165, 1.54) is 11.3 Å². The van der Waals surface area contributed by atoms with Crippen molar-refractivity contribution in [2.75, 3.05) is 11.2 Å². The highest BCUT2D eigenvalue weighted by Gasteiger charge is 2.22. The third-order valence-corrected chi connectivity index (χ3v) is 5.63. The normalized spacial score (nSPS) is 11.2. The molecule has 0 spiro atoms. The van der Waals surface area contributed by atoms with Crippen molar-refractivity contribution in [3.63, 3.8) is 0 Å². The predicted octanol–water partition coefficient (Wildman–Crippen LogP) is 4.13. The number of nitrogens with one attached hydrogen (secondary N) is 1. The molecule has 1 heterocycles. The number of benzene rings is 2. The van der Waals surface area contributed by atoms with Crippen LogP contribution < -0.4 is 9.62 Å². The molecule has 1 aromatic heterocycles. The summed E-state index contributed by atoms with van der Waals surface area (Å²) in [6, 6.07) is 17.2. The molecule has 0 bridgehead atoms. The summed E-state index contributed by atoms with van der Waals surface area (Å²) in [5.74, 6) is -0.738. The SMILES string of the molecule is Cc1sc(N(Cc2ccccc2)c2ccc(Cl)cc2)nc1C(=O)NS(C)(=O)=O. The van der Waals surface area contributed by atoms with Gasteiger partial charge < -0.3 is 4.90 Å². The first kappa shape index (κ1) is 20.3. The molecule has 0 atom stereocenters. The second-order valence-electron chi connectivity index (χ2n) is 6.15. The van der Waals surface area contributed by atoms with Gasteiger partial charge in [0.1, 0.15) is 5.69 Å². The number of halogens is 1. The van der Waals surface area contributed by atoms with Gasteiger partial charge in [-0.15, -0.1) is 11.3 Å². The van der Waals surface area contributed by atoms with E-state index in [1.807, 2.05) is 52.1 Å². The summed E-state index contributed by atoms with van der Waals surface area (Å²) in [5, 5.41) is 1.20. The number of nitrogens with zero attached hydrogens (tertiary/aromatic N) is 2. The fourth-order valence-electron chi connectivity index (χ4n) is 2.58. The summed E-state index contributed by atoms with van der Waals surface area (Å²) < 4.78 is 24.7. The van der Waals surface area contributed by atoms with E-state index in [0.717, 1.165) is 17.5 Å². The molecule has 146 valence electrons. The highest BCUT2D eigenvalue weighted by atomic mass is 35.5. The number of aryl methyl sites for hydroxylation is 1. The van der Waals surface area contributed by atoms with Crippen LogP contribution in [0.3, 0.4) is 0 Å². The number of rotatable bonds is 6. The highest BCUT2D eigenvalue weighted by molar-refractivity contribution is 7.89. The quantitative estimate of drug-likeness (QED) is 0.629. The Bertz CT molecular complexity index is 1080. The summed E-state index contributed by atoms with van der Waals surface area (Å²) >= 11 is 7.33. The zero-order chi connectivity index (χ0) is 20.3. The molecule has 0 aliphatic heterocycles. The van der Waals surface area contributed by atoms with Gasteiger partial charge in [-0.1, -0.05) is 41.9 Å². The average molecular weight is 436 g/mol. The molecule has 0 saturated carbocycles. The Morgan fingerprint density at radius 3 is 2.39 bits per heavy atom. The van der Waals surface area contributed by atoms with Gasteiger partial charge in [-0.25, -0.2) is 18.1 Å². The summed E-state index contributed by atoms with van der Waals surface area (Å²) in [7, 11) is -3.67. The van der Waals surface area contributed by atoms with Crippen molar-refractivity contribution >= 4 is 49.7 Å². The Morgan fingerprint density at radius 1 is 1.14 bits per heavy atom. The van der Waals surface area contributed by atoms with Gasteiger partial charge in [0.05, 0.1) is 12.8 Å². The molecule has 2 aromatic carbocycles. The van der Waals surface area contributed by atoms with Gasteiger partial charge in [-0.05, 0) is 36.8 Å². The Hall–Kier alpha value is -2.42. The molecule has 1 amide bonds. The lowest BCUT2D eigenvalue weighted by Crippen LogP contribution is -2.30. The van der Waals surface area contributed by atoms with Crippen LogP contribution in [0.15, 0.2) is 54.6 Å². The van der Waals surface area contributed by atoms with Crippen LogP contribution in [0.5, 0.6) is 0 Å². The van der Waals surface area contributed by atoms with Gasteiger partial charge in [-0.2, -0.15) is 0 Å². The van der Waals surface area contributed by atoms with Gasteiger partial charge in [-0.3, -0.25) is 4.79 Å². The number of sulfonamides is 1. The van der Waals surface area contributed by atoms with Crippen molar-refractivity contribution in [1.82, 2.24) is 9.71 Å². The second-order valence-corrected chi connectivity index (χ2v) is 9.52. The minimum Gasteiger partial charge on any atom is -0.313 e. The number of amides is 1. The van der Waals surface area contributed by atoms with E-state index in [9.17, 15) is 13.2 Å². The summed E-state index contributed by atoms with van der Waals surface area (Å²) in [6.07, 6.45) is 0.933. The molecule has 0 aliphatic rings. The zero-order valence-electron chi connectivity index (χ0n) is 15.2. The maximum absolute atomic E-state index is 12.3. The molecular formula is C19H18ClN3O3S2. The molecule has 3 rings (SSSR count). The first-order valence-corrected chi connectivity index (χ1v) is 11.4. The fraction of sp³-hybridized carbons (Fsp3) is 0.158. The highest BCUT2D eigenvalue weighted by Crippen LogP contribution is 2.33. The van der Waals surface area contributed by atoms with Crippen LogP contribution in [0.25, 0.3) is 0 Å². The second kappa shape index (κ2) is 8.30. The van der Waals surface area contributed by atoms with E-state index in [-0.39, 0.29) is 5.69 Å². The average Bonchev–Trinajstić information content (AvgIpc) is 3.02. The number of thiazole rings is 1. The molecule has 28 heavy (non-hydrogen) atoms. The molecule has 0 aliphatic carbocycles. The first-order chi connectivity index (χ1) is 13.2. The van der Waals surface area contributed by atoms with Crippen LogP contribution in [0.2, 0.25) is 5.02 Å². The summed E-state index contributed by atoms with van der Waals surface area (Å²) in [6.45, 7) is 2.27. The number of carbonyl (C=O) groups excluding carboxylic acids is 1. The third kappa shape index (κ3) is 5.09. The monoisotopic (exact) mass is 435 g/mol. The van der Waals surface area contributed by atoms with Gasteiger partial charge in [0, 0.05) is 15.6 Å². The minimum atomic E-state index is -3.67. The topological polar surface area (TPSA) is 79.4 Å². The lowest BCUT2D eigenvalue weighted by molar-refractivity contribution is 0.0977. The number of carbonyl (C=O) groups is 1. The Labute approximate surface area is 172 Å². The van der Waals surface area contributed by atoms with Gasteiger partial charge in [0.25, 0.3) is 5.91 Å². The smallest absolute Gasteiger partial charge is 0.284 e. The molecule has 9 heteroatoms. The van der Waals surface area contributed by atoms with Crippen LogP contribution in [0.4, 0.5) is 10.8 Å². The molecule has 0 saturated heterocycles. The van der Waals surface area contributed by atoms with E-state index >= 15 is 0 Å². The Balaban J connectivity index is 1.99. The molecule has 6 nitrogen and oxygen atoms in total. The lowest BCUT2D eigenvalue weighted by atomic mass is 10.2. The largest absolute Gasteiger partial charge is 0.313 e. The van der Waals surface area contributed by atoms with Crippen LogP contribution in [-0.4, -0.2) is 25.6 Å². The van der Waals surface area contributed by atoms with Crippen molar-refractivity contribution in [1.29, 1.82) is 0 Å². The minimum absolute atomic E-state index is 0.0949. The van der Waals surface area contributed by atoms with Gasteiger partial charge >= 0.3 is 0 Å². The fourth-order valence-corrected chi connectivity index (χ4v) is 4.07. The first-order valence-electron chi connectivity index (χ1n) is 8.29. The molecule has 3 aromatic rings. The zero-order valence-corrected chi connectivity index (χ0v) is 17.6. The number of aromatic nitrogens is 1. The Kier molecular flexibility index (Phi) is 6.02. The van der Waals surface area contributed by atoms with E-state index in [0.29, 0.717) is 21.6 Å². The van der Waals surface area contributed by atoms with Gasteiger partial charge in [0.15, 0.2) is 5.13 Å². The van der Waals surface area contributed by atoms with Crippen LogP contribution in [0, 0.1) is 6.92 Å². The maximum Gasteiger partial charge on any atom is 0.284 e. The van der Waals surface area contributed by atoms with E-state index in [4.69, 9.17) is 11.6 Å². The molecule has 1 N–H and O–H groups in total. The van der Waals surface area contributed by atoms with Crippen molar-refractivity contribution in [3.05, 3.63) is 75.8 Å². The predicted molar refractivity (Wildman–Crippen MR) is 113 cm³/mol. The standard InChI is InChI=1S/C19H18ClN3O3S2/c1-13-17(18(24)22-28(2,25)26)21-19(27-13)23(12-14-6-4-3-5-7-14)16-10-8-15(20)9-11-16/h3-11H,12H2,1-2H3,(H,22,24). The van der Waals surface area contributed by atoms with Crippen LogP contribution in [-0.2, 0) is 16.6 Å². The van der Waals surface area contributed by atoms with E-state index < -0.39 is 15.9 Å². The summed E-state index contributed by atoms with van der Waals surface area (Å²) in [5.41, 5.74) is 2.02. The van der Waals surface area contributed by atoms with E-state index in [2.05, 4.69) is 4.98 Å².